The zero-order valence-corrected chi connectivity index (χ0v) is 12.9. The fraction of sp³-hybridized carbons (Fsp3) is 0.357. The van der Waals surface area contributed by atoms with Gasteiger partial charge in [0.1, 0.15) is 6.33 Å². The third kappa shape index (κ3) is 3.51. The molecule has 0 bridgehead atoms. The molecular formula is C14H15ClN4OS. The van der Waals surface area contributed by atoms with Crippen LogP contribution in [0, 0.1) is 0 Å². The topological polar surface area (TPSA) is 66.9 Å². The molecule has 1 unspecified atom stereocenters. The average Bonchev–Trinajstić information content (AvgIpc) is 2.88. The number of hydrogen-bond donors (Lipinski definition) is 2. The van der Waals surface area contributed by atoms with E-state index in [2.05, 4.69) is 20.6 Å². The minimum absolute atomic E-state index is 0.0444. The molecule has 1 aliphatic carbocycles. The fourth-order valence-corrected chi connectivity index (χ4v) is 3.86. The van der Waals surface area contributed by atoms with Crippen LogP contribution in [-0.4, -0.2) is 16.0 Å². The maximum absolute atomic E-state index is 12.0. The van der Waals surface area contributed by atoms with Crippen LogP contribution in [0.3, 0.4) is 0 Å². The lowest BCUT2D eigenvalue weighted by Gasteiger charge is -2.23. The Hall–Kier alpha value is -1.66. The summed E-state index contributed by atoms with van der Waals surface area (Å²) in [7, 11) is 0. The minimum atomic E-state index is -0.186. The van der Waals surface area contributed by atoms with Gasteiger partial charge in [0.2, 0.25) is 0 Å². The lowest BCUT2D eigenvalue weighted by molar-refractivity contribution is 0.235. The molecular weight excluding hydrogens is 308 g/mol. The van der Waals surface area contributed by atoms with Gasteiger partial charge in [-0.05, 0) is 37.0 Å². The van der Waals surface area contributed by atoms with E-state index in [0.29, 0.717) is 6.54 Å². The largest absolute Gasteiger partial charge is 0.332 e. The van der Waals surface area contributed by atoms with Gasteiger partial charge < -0.3 is 10.6 Å². The molecule has 110 valence electrons. The van der Waals surface area contributed by atoms with Crippen molar-refractivity contribution in [1.29, 1.82) is 0 Å². The number of amides is 2. The molecule has 3 rings (SSSR count). The number of aromatic nitrogens is 2. The first-order valence-electron chi connectivity index (χ1n) is 6.80. The highest BCUT2D eigenvalue weighted by Gasteiger charge is 2.24. The first kappa shape index (κ1) is 14.3. The Bertz CT molecular complexity index is 631. The number of urea groups is 1. The summed E-state index contributed by atoms with van der Waals surface area (Å²) in [6.07, 6.45) is 6.19. The summed E-state index contributed by atoms with van der Waals surface area (Å²) in [4.78, 5) is 21.2. The monoisotopic (exact) mass is 322 g/mol. The predicted octanol–water partition coefficient (Wildman–Crippen LogP) is 3.07. The molecule has 0 aromatic carbocycles. The molecule has 5 nitrogen and oxygen atoms in total. The van der Waals surface area contributed by atoms with Gasteiger partial charge in [0.05, 0.1) is 22.6 Å². The van der Waals surface area contributed by atoms with Gasteiger partial charge in [-0.3, -0.25) is 0 Å². The Balaban J connectivity index is 1.58. The lowest BCUT2D eigenvalue weighted by Crippen LogP contribution is -2.38. The summed E-state index contributed by atoms with van der Waals surface area (Å²) >= 11 is 7.68. The molecule has 0 aliphatic heterocycles. The lowest BCUT2D eigenvalue weighted by atomic mass is 9.94. The van der Waals surface area contributed by atoms with Crippen molar-refractivity contribution >= 4 is 29.0 Å². The SMILES string of the molecule is O=C(NCc1ccncn1)NC1CCCc2sc(Cl)cc21. The molecule has 1 atom stereocenters. The summed E-state index contributed by atoms with van der Waals surface area (Å²) < 4.78 is 0.787. The van der Waals surface area contributed by atoms with E-state index in [4.69, 9.17) is 11.6 Å². The predicted molar refractivity (Wildman–Crippen MR) is 82.4 cm³/mol. The highest BCUT2D eigenvalue weighted by atomic mass is 35.5. The smallest absolute Gasteiger partial charge is 0.315 e. The molecule has 7 heteroatoms. The number of nitrogens with zero attached hydrogens (tertiary/aromatic N) is 2. The molecule has 0 fully saturated rings. The quantitative estimate of drug-likeness (QED) is 0.912. The van der Waals surface area contributed by atoms with Crippen molar-refractivity contribution in [2.45, 2.75) is 31.8 Å². The molecule has 2 N–H and O–H groups in total. The van der Waals surface area contributed by atoms with E-state index in [1.54, 1.807) is 23.6 Å². The van der Waals surface area contributed by atoms with Crippen LogP contribution in [0.1, 0.15) is 35.0 Å². The van der Waals surface area contributed by atoms with Crippen LogP contribution in [0.15, 0.2) is 24.7 Å². The Kier molecular flexibility index (Phi) is 4.36. The normalized spacial score (nSPS) is 17.1. The third-order valence-electron chi connectivity index (χ3n) is 3.46. The number of carbonyl (C=O) groups is 1. The zero-order chi connectivity index (χ0) is 14.7. The Morgan fingerprint density at radius 3 is 3.24 bits per heavy atom. The van der Waals surface area contributed by atoms with Crippen LogP contribution in [0.5, 0.6) is 0 Å². The van der Waals surface area contributed by atoms with E-state index >= 15 is 0 Å². The van der Waals surface area contributed by atoms with Gasteiger partial charge in [0.15, 0.2) is 0 Å². The van der Waals surface area contributed by atoms with Crippen molar-refractivity contribution in [2.24, 2.45) is 0 Å². The van der Waals surface area contributed by atoms with Crippen molar-refractivity contribution in [3.63, 3.8) is 0 Å². The van der Waals surface area contributed by atoms with Crippen molar-refractivity contribution < 1.29 is 4.79 Å². The van der Waals surface area contributed by atoms with Gasteiger partial charge in [-0.25, -0.2) is 14.8 Å². The maximum atomic E-state index is 12.0. The maximum Gasteiger partial charge on any atom is 0.315 e. The van der Waals surface area contributed by atoms with E-state index in [1.807, 2.05) is 6.07 Å². The van der Waals surface area contributed by atoms with E-state index in [9.17, 15) is 4.79 Å². The Labute approximate surface area is 131 Å². The van der Waals surface area contributed by atoms with Crippen LogP contribution in [-0.2, 0) is 13.0 Å². The van der Waals surface area contributed by atoms with Gasteiger partial charge in [-0.1, -0.05) is 11.6 Å². The fourth-order valence-electron chi connectivity index (χ4n) is 2.47. The second kappa shape index (κ2) is 6.41. The number of halogens is 1. The highest BCUT2D eigenvalue weighted by molar-refractivity contribution is 7.16. The van der Waals surface area contributed by atoms with Crippen molar-refractivity contribution in [1.82, 2.24) is 20.6 Å². The van der Waals surface area contributed by atoms with E-state index < -0.39 is 0 Å². The number of carbonyl (C=O) groups excluding carboxylic acids is 1. The molecule has 0 spiro atoms. The third-order valence-corrected chi connectivity index (χ3v) is 4.80. The minimum Gasteiger partial charge on any atom is -0.332 e. The van der Waals surface area contributed by atoms with Gasteiger partial charge in [-0.2, -0.15) is 0 Å². The summed E-state index contributed by atoms with van der Waals surface area (Å²) in [6.45, 7) is 0.387. The van der Waals surface area contributed by atoms with Gasteiger partial charge in [0, 0.05) is 11.1 Å². The zero-order valence-electron chi connectivity index (χ0n) is 11.3. The first-order chi connectivity index (χ1) is 10.2. The number of nitrogens with one attached hydrogen (secondary N) is 2. The van der Waals surface area contributed by atoms with Gasteiger partial charge in [-0.15, -0.1) is 11.3 Å². The van der Waals surface area contributed by atoms with Crippen molar-refractivity contribution in [2.75, 3.05) is 0 Å². The summed E-state index contributed by atoms with van der Waals surface area (Å²) in [5.41, 5.74) is 1.94. The number of thiophene rings is 1. The summed E-state index contributed by atoms with van der Waals surface area (Å²) in [5.74, 6) is 0. The number of hydrogen-bond acceptors (Lipinski definition) is 4. The standard InChI is InChI=1S/C14H15ClN4OS/c15-13-6-10-11(2-1-3-12(10)21-13)19-14(20)17-7-9-4-5-16-8-18-9/h4-6,8,11H,1-3,7H2,(H2,17,19,20). The van der Waals surface area contributed by atoms with Crippen LogP contribution >= 0.6 is 22.9 Å². The Morgan fingerprint density at radius 2 is 2.43 bits per heavy atom. The molecule has 0 saturated heterocycles. The molecule has 0 saturated carbocycles. The van der Waals surface area contributed by atoms with E-state index in [0.717, 1.165) is 34.9 Å². The molecule has 21 heavy (non-hydrogen) atoms. The molecule has 0 radical (unpaired) electrons. The van der Waals surface area contributed by atoms with Crippen LogP contribution in [0.25, 0.3) is 0 Å². The van der Waals surface area contributed by atoms with Crippen molar-refractivity contribution in [3.05, 3.63) is 45.1 Å². The molecule has 2 aromatic rings. The van der Waals surface area contributed by atoms with Gasteiger partial charge >= 0.3 is 6.03 Å². The molecule has 2 aromatic heterocycles. The number of rotatable bonds is 3. The van der Waals surface area contributed by atoms with E-state index in [-0.39, 0.29) is 12.1 Å². The van der Waals surface area contributed by atoms with Crippen LogP contribution in [0.2, 0.25) is 4.34 Å². The second-order valence-corrected chi connectivity index (χ2v) is 6.67. The number of fused-ring (bicyclic) bond motifs is 1. The summed E-state index contributed by atoms with van der Waals surface area (Å²) in [5, 5.41) is 5.83. The molecule has 2 heterocycles. The van der Waals surface area contributed by atoms with Crippen LogP contribution in [0.4, 0.5) is 4.79 Å². The molecule has 2 amide bonds. The molecule has 1 aliphatic rings. The highest BCUT2D eigenvalue weighted by Crippen LogP contribution is 2.37. The Morgan fingerprint density at radius 1 is 1.52 bits per heavy atom. The number of aryl methyl sites for hydroxylation is 1. The first-order valence-corrected chi connectivity index (χ1v) is 7.99. The average molecular weight is 323 g/mol. The second-order valence-electron chi connectivity index (χ2n) is 4.90. The van der Waals surface area contributed by atoms with Crippen molar-refractivity contribution in [3.8, 4) is 0 Å². The van der Waals surface area contributed by atoms with Crippen LogP contribution < -0.4 is 10.6 Å². The van der Waals surface area contributed by atoms with Gasteiger partial charge in [0.25, 0.3) is 0 Å². The summed E-state index contributed by atoms with van der Waals surface area (Å²) in [6, 6.07) is 3.60. The van der Waals surface area contributed by atoms with E-state index in [1.165, 1.54) is 11.2 Å².